The molecule has 3 aliphatic carbocycles. The SMILES string of the molecule is COc1ccc2c(c1)c1cc(OC)ccc1n2-c1cnc2c(c1)C1(c3ccccc3Oc3cc4c(cc31)-c1ccccc1C41c3ccccc3-c3ccccc31)c1cccnc1-2. The smallest absolute Gasteiger partial charge is 0.132 e. The van der Waals surface area contributed by atoms with Crippen LogP contribution in [0.4, 0.5) is 0 Å². The summed E-state index contributed by atoms with van der Waals surface area (Å²) in [6.45, 7) is 0. The van der Waals surface area contributed by atoms with E-state index in [-0.39, 0.29) is 0 Å². The molecule has 0 bridgehead atoms. The average Bonchev–Trinajstić information content (AvgIpc) is 4.01. The second kappa shape index (κ2) is 11.9. The zero-order chi connectivity index (χ0) is 40.9. The van der Waals surface area contributed by atoms with Crippen LogP contribution in [0.25, 0.3) is 61.1 Å². The largest absolute Gasteiger partial charge is 0.497 e. The van der Waals surface area contributed by atoms with Crippen molar-refractivity contribution < 1.29 is 14.2 Å². The number of benzene rings is 7. The summed E-state index contributed by atoms with van der Waals surface area (Å²) in [7, 11) is 3.42. The monoisotopic (exact) mass is 797 g/mol. The highest BCUT2D eigenvalue weighted by molar-refractivity contribution is 6.10. The summed E-state index contributed by atoms with van der Waals surface area (Å²) in [4.78, 5) is 10.5. The van der Waals surface area contributed by atoms with Gasteiger partial charge in [0.05, 0.1) is 59.4 Å². The van der Waals surface area contributed by atoms with E-state index in [1.165, 1.54) is 44.5 Å². The van der Waals surface area contributed by atoms with E-state index < -0.39 is 10.8 Å². The number of pyridine rings is 2. The lowest BCUT2D eigenvalue weighted by Crippen LogP contribution is -2.33. The van der Waals surface area contributed by atoms with E-state index in [0.717, 1.165) is 84.1 Å². The van der Waals surface area contributed by atoms with Crippen molar-refractivity contribution in [3.63, 3.8) is 0 Å². The maximum Gasteiger partial charge on any atom is 0.132 e. The normalized spacial score (nSPS) is 16.2. The number of hydrogen-bond donors (Lipinski definition) is 0. The van der Waals surface area contributed by atoms with Crippen LogP contribution in [0.2, 0.25) is 0 Å². The van der Waals surface area contributed by atoms with Crippen molar-refractivity contribution in [1.82, 2.24) is 14.5 Å². The molecule has 292 valence electrons. The van der Waals surface area contributed by atoms with Gasteiger partial charge in [0.1, 0.15) is 23.0 Å². The highest BCUT2D eigenvalue weighted by atomic mass is 16.5. The van der Waals surface area contributed by atoms with Gasteiger partial charge in [-0.25, -0.2) is 0 Å². The number of methoxy groups -OCH3 is 2. The Bertz CT molecular complexity index is 3520. The second-order valence-electron chi connectivity index (χ2n) is 16.7. The Balaban J connectivity index is 1.09. The molecule has 14 rings (SSSR count). The molecule has 0 N–H and O–H groups in total. The fraction of sp³-hybridized carbons (Fsp3) is 0.0714. The van der Waals surface area contributed by atoms with Crippen molar-refractivity contribution >= 4 is 21.8 Å². The molecule has 6 heteroatoms. The quantitative estimate of drug-likeness (QED) is 0.178. The number of para-hydroxylation sites is 1. The van der Waals surface area contributed by atoms with Gasteiger partial charge in [-0.3, -0.25) is 9.97 Å². The summed E-state index contributed by atoms with van der Waals surface area (Å²) in [6.07, 6.45) is 3.88. The zero-order valence-electron chi connectivity index (χ0n) is 33.8. The summed E-state index contributed by atoms with van der Waals surface area (Å²) >= 11 is 0. The first-order valence-corrected chi connectivity index (χ1v) is 21.0. The number of fused-ring (bicyclic) bond motifs is 22. The number of aromatic nitrogens is 3. The van der Waals surface area contributed by atoms with Crippen LogP contribution in [0.5, 0.6) is 23.0 Å². The van der Waals surface area contributed by atoms with E-state index in [9.17, 15) is 0 Å². The van der Waals surface area contributed by atoms with Crippen LogP contribution in [0.15, 0.2) is 176 Å². The molecule has 6 nitrogen and oxygen atoms in total. The fourth-order valence-electron chi connectivity index (χ4n) is 11.8. The first-order valence-electron chi connectivity index (χ1n) is 21.0. The average molecular weight is 798 g/mol. The van der Waals surface area contributed by atoms with Crippen LogP contribution < -0.4 is 14.2 Å². The lowest BCUT2D eigenvalue weighted by Gasteiger charge is -2.40. The van der Waals surface area contributed by atoms with E-state index in [1.807, 2.05) is 24.5 Å². The van der Waals surface area contributed by atoms with Gasteiger partial charge in [-0.1, -0.05) is 97.1 Å². The Kier molecular flexibility index (Phi) is 6.47. The molecule has 1 aliphatic heterocycles. The van der Waals surface area contributed by atoms with Crippen molar-refractivity contribution in [2.45, 2.75) is 10.8 Å². The maximum absolute atomic E-state index is 7.19. The standard InChI is InChI=1S/C56H35N3O3/c1-60-33-21-23-49-39(27-33)40-28-34(61-2)22-24-50(40)59(49)32-26-48-54(58-31-32)53-45(19-11-25-57-53)56(48)44-18-9-10-20-51(44)62-52-30-46-38(29-47(52)56)37-14-5-8-17-43(37)55(46)41-15-6-3-12-35(41)36-13-4-7-16-42(36)55/h3-31H,1-2H3. The Morgan fingerprint density at radius 3 is 1.63 bits per heavy atom. The van der Waals surface area contributed by atoms with Crippen LogP contribution in [-0.2, 0) is 10.8 Å². The van der Waals surface area contributed by atoms with Crippen LogP contribution in [0, 0.1) is 0 Å². The minimum atomic E-state index is -0.803. The molecule has 4 aliphatic rings. The predicted octanol–water partition coefficient (Wildman–Crippen LogP) is 12.4. The van der Waals surface area contributed by atoms with Crippen LogP contribution >= 0.6 is 0 Å². The molecule has 0 saturated heterocycles. The van der Waals surface area contributed by atoms with Gasteiger partial charge < -0.3 is 18.8 Å². The van der Waals surface area contributed by atoms with Crippen molar-refractivity contribution in [2.75, 3.05) is 14.2 Å². The highest BCUT2D eigenvalue weighted by Crippen LogP contribution is 2.67. The molecule has 7 aromatic carbocycles. The Labute approximate surface area is 357 Å². The third kappa shape index (κ3) is 3.92. The molecule has 0 saturated carbocycles. The Morgan fingerprint density at radius 1 is 0.435 bits per heavy atom. The molecule has 0 fully saturated rings. The van der Waals surface area contributed by atoms with E-state index in [4.69, 9.17) is 24.2 Å². The Hall–Kier alpha value is -7.96. The first-order chi connectivity index (χ1) is 30.6. The van der Waals surface area contributed by atoms with E-state index in [0.29, 0.717) is 0 Å². The van der Waals surface area contributed by atoms with Crippen molar-refractivity contribution in [1.29, 1.82) is 0 Å². The summed E-state index contributed by atoms with van der Waals surface area (Å²) in [5.41, 5.74) is 17.9. The van der Waals surface area contributed by atoms with Gasteiger partial charge in [0.25, 0.3) is 0 Å². The van der Waals surface area contributed by atoms with Crippen LogP contribution in [0.3, 0.4) is 0 Å². The number of hydrogen-bond acceptors (Lipinski definition) is 5. The second-order valence-corrected chi connectivity index (χ2v) is 16.7. The van der Waals surface area contributed by atoms with Gasteiger partial charge in [0, 0.05) is 33.7 Å². The van der Waals surface area contributed by atoms with E-state index >= 15 is 0 Å². The molecule has 3 aromatic heterocycles. The molecular weight excluding hydrogens is 763 g/mol. The Morgan fingerprint density at radius 2 is 0.984 bits per heavy atom. The van der Waals surface area contributed by atoms with Crippen LogP contribution in [-0.4, -0.2) is 28.8 Å². The summed E-state index contributed by atoms with van der Waals surface area (Å²) in [6, 6.07) is 59.3. The summed E-state index contributed by atoms with van der Waals surface area (Å²) < 4.78 is 21.0. The molecule has 2 spiro atoms. The molecular formula is C56H35N3O3. The summed E-state index contributed by atoms with van der Waals surface area (Å²) in [5, 5.41) is 2.14. The van der Waals surface area contributed by atoms with Crippen molar-refractivity contribution in [3.8, 4) is 62.3 Å². The molecule has 1 atom stereocenters. The van der Waals surface area contributed by atoms with Gasteiger partial charge in [0.15, 0.2) is 0 Å². The fourth-order valence-corrected chi connectivity index (χ4v) is 11.8. The molecule has 1 unspecified atom stereocenters. The third-order valence-electron chi connectivity index (χ3n) is 14.2. The third-order valence-corrected chi connectivity index (χ3v) is 14.2. The lowest BCUT2D eigenvalue weighted by molar-refractivity contribution is 0.415. The molecule has 4 heterocycles. The molecule has 0 radical (unpaired) electrons. The predicted molar refractivity (Wildman–Crippen MR) is 243 cm³/mol. The lowest BCUT2D eigenvalue weighted by atomic mass is 9.65. The van der Waals surface area contributed by atoms with Crippen molar-refractivity contribution in [2.24, 2.45) is 0 Å². The topological polar surface area (TPSA) is 58.4 Å². The minimum Gasteiger partial charge on any atom is -0.497 e. The van der Waals surface area contributed by atoms with E-state index in [1.54, 1.807) is 14.2 Å². The van der Waals surface area contributed by atoms with Crippen molar-refractivity contribution in [3.05, 3.63) is 221 Å². The van der Waals surface area contributed by atoms with Gasteiger partial charge in [-0.2, -0.15) is 0 Å². The van der Waals surface area contributed by atoms with Crippen LogP contribution in [0.1, 0.15) is 44.5 Å². The number of nitrogens with zero attached hydrogens (tertiary/aromatic N) is 3. The number of ether oxygens (including phenoxy) is 3. The minimum absolute atomic E-state index is 0.509. The van der Waals surface area contributed by atoms with Gasteiger partial charge in [-0.15, -0.1) is 0 Å². The zero-order valence-corrected chi connectivity index (χ0v) is 33.8. The molecule has 10 aromatic rings. The van der Waals surface area contributed by atoms with Gasteiger partial charge in [0.2, 0.25) is 0 Å². The molecule has 0 amide bonds. The highest BCUT2D eigenvalue weighted by Gasteiger charge is 2.56. The first kappa shape index (κ1) is 33.8. The van der Waals surface area contributed by atoms with Gasteiger partial charge >= 0.3 is 0 Å². The van der Waals surface area contributed by atoms with Gasteiger partial charge in [-0.05, 0) is 117 Å². The summed E-state index contributed by atoms with van der Waals surface area (Å²) in [5.74, 6) is 3.24. The van der Waals surface area contributed by atoms with E-state index in [2.05, 4.69) is 156 Å². The molecule has 62 heavy (non-hydrogen) atoms. The maximum atomic E-state index is 7.19. The number of rotatable bonds is 3.